The average molecular weight is 255 g/mol. The van der Waals surface area contributed by atoms with E-state index in [1.54, 1.807) is 0 Å². The predicted molar refractivity (Wildman–Crippen MR) is 75.6 cm³/mol. The zero-order chi connectivity index (χ0) is 13.5. The number of carbonyl (C=O) groups excluding carboxylic acids is 1. The molecule has 1 heterocycles. The molecule has 2 unspecified atom stereocenters. The number of rotatable bonds is 6. The van der Waals surface area contributed by atoms with Crippen LogP contribution in [0.1, 0.15) is 40.0 Å². The number of nitrogens with one attached hydrogen (secondary N) is 2. The molecule has 0 spiro atoms. The lowest BCUT2D eigenvalue weighted by atomic mass is 9.91. The first kappa shape index (κ1) is 15.4. The number of hydrogen-bond donors (Lipinski definition) is 2. The van der Waals surface area contributed by atoms with E-state index in [0.29, 0.717) is 12.5 Å². The molecule has 1 saturated heterocycles. The summed E-state index contributed by atoms with van der Waals surface area (Å²) in [6.07, 6.45) is 3.18. The van der Waals surface area contributed by atoms with Crippen LogP contribution >= 0.6 is 0 Å². The van der Waals surface area contributed by atoms with Crippen LogP contribution in [0.3, 0.4) is 0 Å². The van der Waals surface area contributed by atoms with Crippen LogP contribution in [0.2, 0.25) is 0 Å². The summed E-state index contributed by atoms with van der Waals surface area (Å²) >= 11 is 0. The zero-order valence-corrected chi connectivity index (χ0v) is 12.3. The van der Waals surface area contributed by atoms with Gasteiger partial charge in [0.05, 0.1) is 0 Å². The number of amides is 1. The van der Waals surface area contributed by atoms with Gasteiger partial charge >= 0.3 is 0 Å². The minimum atomic E-state index is 0.175. The zero-order valence-electron chi connectivity index (χ0n) is 12.3. The molecule has 106 valence electrons. The third-order valence-corrected chi connectivity index (χ3v) is 3.81. The molecule has 2 N–H and O–H groups in total. The Balaban J connectivity index is 2.28. The molecule has 0 aromatic carbocycles. The van der Waals surface area contributed by atoms with Gasteiger partial charge in [-0.05, 0) is 53.1 Å². The highest BCUT2D eigenvalue weighted by Crippen LogP contribution is 2.19. The molecule has 4 heteroatoms. The summed E-state index contributed by atoms with van der Waals surface area (Å²) in [5.74, 6) is 0.894. The molecular formula is C14H29N3O. The predicted octanol–water partition coefficient (Wildman–Crippen LogP) is 1.22. The number of nitrogens with zero attached hydrogens (tertiary/aromatic N) is 1. The lowest BCUT2D eigenvalue weighted by Crippen LogP contribution is -2.44. The topological polar surface area (TPSA) is 44.4 Å². The Hall–Kier alpha value is -0.610. The van der Waals surface area contributed by atoms with Gasteiger partial charge in [0.2, 0.25) is 5.91 Å². The first-order valence-electron chi connectivity index (χ1n) is 7.22. The standard InChI is InChI=1S/C14H29N3O/c1-11(2)16-14(18)7-9-17-8-5-6-13(10-17)12(3)15-4/h11-13,15H,5-10H2,1-4H3,(H,16,18). The van der Waals surface area contributed by atoms with Crippen molar-refractivity contribution in [3.05, 3.63) is 0 Å². The van der Waals surface area contributed by atoms with Gasteiger partial charge in [-0.3, -0.25) is 4.79 Å². The van der Waals surface area contributed by atoms with Crippen LogP contribution in [-0.2, 0) is 4.79 Å². The van der Waals surface area contributed by atoms with Crippen LogP contribution in [0.5, 0.6) is 0 Å². The maximum atomic E-state index is 11.6. The van der Waals surface area contributed by atoms with Crippen molar-refractivity contribution < 1.29 is 4.79 Å². The second-order valence-electron chi connectivity index (χ2n) is 5.75. The van der Waals surface area contributed by atoms with E-state index < -0.39 is 0 Å². The summed E-state index contributed by atoms with van der Waals surface area (Å²) < 4.78 is 0. The molecule has 4 nitrogen and oxygen atoms in total. The van der Waals surface area contributed by atoms with Crippen LogP contribution in [0.15, 0.2) is 0 Å². The van der Waals surface area contributed by atoms with Gasteiger partial charge in [0.1, 0.15) is 0 Å². The summed E-state index contributed by atoms with van der Waals surface area (Å²) in [6, 6.07) is 0.813. The summed E-state index contributed by atoms with van der Waals surface area (Å²) in [6.45, 7) is 9.41. The second-order valence-corrected chi connectivity index (χ2v) is 5.75. The molecule has 0 bridgehead atoms. The van der Waals surface area contributed by atoms with Gasteiger partial charge in [0.25, 0.3) is 0 Å². The smallest absolute Gasteiger partial charge is 0.221 e. The average Bonchev–Trinajstić information content (AvgIpc) is 2.35. The number of likely N-dealkylation sites (tertiary alicyclic amines) is 1. The first-order valence-corrected chi connectivity index (χ1v) is 7.22. The molecule has 1 amide bonds. The molecular weight excluding hydrogens is 226 g/mol. The Labute approximate surface area is 111 Å². The lowest BCUT2D eigenvalue weighted by Gasteiger charge is -2.35. The van der Waals surface area contributed by atoms with Crippen molar-refractivity contribution in [2.45, 2.75) is 52.1 Å². The molecule has 2 atom stereocenters. The highest BCUT2D eigenvalue weighted by atomic mass is 16.1. The Morgan fingerprint density at radius 1 is 1.39 bits per heavy atom. The van der Waals surface area contributed by atoms with Gasteiger partial charge in [-0.1, -0.05) is 0 Å². The molecule has 0 aromatic rings. The normalized spacial score (nSPS) is 23.1. The molecule has 1 aliphatic heterocycles. The Bertz CT molecular complexity index is 255. The van der Waals surface area contributed by atoms with E-state index in [1.807, 2.05) is 20.9 Å². The summed E-state index contributed by atoms with van der Waals surface area (Å²) in [7, 11) is 2.03. The van der Waals surface area contributed by atoms with Crippen molar-refractivity contribution in [3.8, 4) is 0 Å². The minimum absolute atomic E-state index is 0.175. The second kappa shape index (κ2) is 7.74. The maximum absolute atomic E-state index is 11.6. The van der Waals surface area contributed by atoms with Gasteiger partial charge < -0.3 is 15.5 Å². The third-order valence-electron chi connectivity index (χ3n) is 3.81. The monoisotopic (exact) mass is 255 g/mol. The summed E-state index contributed by atoms with van der Waals surface area (Å²) in [5, 5.41) is 6.29. The van der Waals surface area contributed by atoms with Crippen molar-refractivity contribution in [3.63, 3.8) is 0 Å². The van der Waals surface area contributed by atoms with Crippen molar-refractivity contribution in [2.75, 3.05) is 26.7 Å². The van der Waals surface area contributed by atoms with Crippen LogP contribution < -0.4 is 10.6 Å². The fourth-order valence-corrected chi connectivity index (χ4v) is 2.59. The van der Waals surface area contributed by atoms with E-state index in [2.05, 4.69) is 22.5 Å². The molecule has 0 aliphatic carbocycles. The quantitative estimate of drug-likeness (QED) is 0.750. The van der Waals surface area contributed by atoms with Crippen molar-refractivity contribution in [1.29, 1.82) is 0 Å². The highest BCUT2D eigenvalue weighted by molar-refractivity contribution is 5.76. The maximum Gasteiger partial charge on any atom is 0.221 e. The van der Waals surface area contributed by atoms with Crippen LogP contribution in [0.25, 0.3) is 0 Å². The Morgan fingerprint density at radius 2 is 2.11 bits per heavy atom. The van der Waals surface area contributed by atoms with Crippen molar-refractivity contribution in [2.24, 2.45) is 5.92 Å². The molecule has 1 fully saturated rings. The van der Waals surface area contributed by atoms with Gasteiger partial charge in [-0.2, -0.15) is 0 Å². The van der Waals surface area contributed by atoms with Gasteiger partial charge in [0.15, 0.2) is 0 Å². The van der Waals surface area contributed by atoms with Crippen molar-refractivity contribution >= 4 is 5.91 Å². The van der Waals surface area contributed by atoms with Crippen LogP contribution in [0.4, 0.5) is 0 Å². The molecule has 0 saturated carbocycles. The van der Waals surface area contributed by atoms with E-state index in [-0.39, 0.29) is 11.9 Å². The van der Waals surface area contributed by atoms with Crippen LogP contribution in [-0.4, -0.2) is 49.6 Å². The largest absolute Gasteiger partial charge is 0.354 e. The summed E-state index contributed by atoms with van der Waals surface area (Å²) in [5.41, 5.74) is 0. The minimum Gasteiger partial charge on any atom is -0.354 e. The summed E-state index contributed by atoms with van der Waals surface area (Å²) in [4.78, 5) is 14.1. The van der Waals surface area contributed by atoms with E-state index in [0.717, 1.165) is 25.6 Å². The van der Waals surface area contributed by atoms with E-state index in [9.17, 15) is 4.79 Å². The fraction of sp³-hybridized carbons (Fsp3) is 0.929. The van der Waals surface area contributed by atoms with E-state index >= 15 is 0 Å². The molecule has 18 heavy (non-hydrogen) atoms. The Morgan fingerprint density at radius 3 is 2.72 bits per heavy atom. The molecule has 0 radical (unpaired) electrons. The third kappa shape index (κ3) is 5.36. The Kier molecular flexibility index (Phi) is 6.65. The number of piperidine rings is 1. The van der Waals surface area contributed by atoms with Crippen LogP contribution in [0, 0.1) is 5.92 Å². The molecule has 1 rings (SSSR count). The number of hydrogen-bond acceptors (Lipinski definition) is 3. The van der Waals surface area contributed by atoms with Gasteiger partial charge in [-0.15, -0.1) is 0 Å². The van der Waals surface area contributed by atoms with Crippen molar-refractivity contribution in [1.82, 2.24) is 15.5 Å². The molecule has 0 aromatic heterocycles. The van der Waals surface area contributed by atoms with E-state index in [1.165, 1.54) is 12.8 Å². The lowest BCUT2D eigenvalue weighted by molar-refractivity contribution is -0.122. The fourth-order valence-electron chi connectivity index (χ4n) is 2.59. The van der Waals surface area contributed by atoms with E-state index in [4.69, 9.17) is 0 Å². The van der Waals surface area contributed by atoms with Gasteiger partial charge in [-0.25, -0.2) is 0 Å². The van der Waals surface area contributed by atoms with Gasteiger partial charge in [0, 0.05) is 31.6 Å². The highest BCUT2D eigenvalue weighted by Gasteiger charge is 2.23. The number of carbonyl (C=O) groups is 1. The first-order chi connectivity index (χ1) is 8.52. The SMILES string of the molecule is CNC(C)C1CCCN(CCC(=O)NC(C)C)C1. The molecule has 1 aliphatic rings.